The molecular formula is C25H35N7O2S. The van der Waals surface area contributed by atoms with Gasteiger partial charge >= 0.3 is 0 Å². The molecule has 0 radical (unpaired) electrons. The molecule has 1 N–H and O–H groups in total. The summed E-state index contributed by atoms with van der Waals surface area (Å²) < 4.78 is 28.5. The predicted octanol–water partition coefficient (Wildman–Crippen LogP) is 4.33. The second-order valence-corrected chi connectivity index (χ2v) is 11.7. The first kappa shape index (κ1) is 24.0. The standard InChI is InChI=1S/C25H35N7O2S/c1-35(33,34)31(17-16-30-14-6-7-15-30)22-12-10-21(11-13-22)28-25-26-18-20-19-27-32(24(20)29-25)23-8-4-2-3-5-9-23/h10-13,18-19,23H,2-9,14-17H2,1H3,(H,26,28,29). The smallest absolute Gasteiger partial charge is 0.232 e. The molecule has 2 aromatic heterocycles. The van der Waals surface area contributed by atoms with Gasteiger partial charge in [0.2, 0.25) is 16.0 Å². The van der Waals surface area contributed by atoms with E-state index in [0.29, 0.717) is 24.2 Å². The lowest BCUT2D eigenvalue weighted by atomic mass is 10.1. The minimum absolute atomic E-state index is 0.388. The summed E-state index contributed by atoms with van der Waals surface area (Å²) in [7, 11) is -3.37. The Hall–Kier alpha value is -2.72. The van der Waals surface area contributed by atoms with Crippen LogP contribution in [0, 0.1) is 0 Å². The van der Waals surface area contributed by atoms with Gasteiger partial charge in [0.1, 0.15) is 0 Å². The number of fused-ring (bicyclic) bond motifs is 1. The average molecular weight is 498 g/mol. The maximum absolute atomic E-state index is 12.5. The minimum Gasteiger partial charge on any atom is -0.324 e. The molecule has 10 heteroatoms. The number of hydrogen-bond acceptors (Lipinski definition) is 7. The number of aromatic nitrogens is 4. The molecule has 3 heterocycles. The number of nitrogens with zero attached hydrogens (tertiary/aromatic N) is 6. The molecule has 1 saturated heterocycles. The van der Waals surface area contributed by atoms with Crippen LogP contribution in [0.5, 0.6) is 0 Å². The third-order valence-corrected chi connectivity index (χ3v) is 8.33. The first-order valence-electron chi connectivity index (χ1n) is 12.7. The molecule has 0 atom stereocenters. The van der Waals surface area contributed by atoms with Gasteiger partial charge in [-0.05, 0) is 63.0 Å². The number of anilines is 3. The number of hydrogen-bond donors (Lipinski definition) is 1. The molecule has 0 bridgehead atoms. The molecule has 0 unspecified atom stereocenters. The van der Waals surface area contributed by atoms with Crippen LogP contribution in [0.1, 0.15) is 57.4 Å². The van der Waals surface area contributed by atoms with Crippen molar-refractivity contribution in [3.05, 3.63) is 36.7 Å². The maximum Gasteiger partial charge on any atom is 0.232 e. The SMILES string of the molecule is CS(=O)(=O)N(CCN1CCCC1)c1ccc(Nc2ncc3cnn(C4CCCCCC4)c3n2)cc1. The zero-order valence-electron chi connectivity index (χ0n) is 20.4. The molecule has 0 spiro atoms. The predicted molar refractivity (Wildman–Crippen MR) is 140 cm³/mol. The molecule has 1 saturated carbocycles. The summed E-state index contributed by atoms with van der Waals surface area (Å²) in [5, 5.41) is 8.84. The number of nitrogens with one attached hydrogen (secondary N) is 1. The van der Waals surface area contributed by atoms with Gasteiger partial charge in [0, 0.05) is 25.0 Å². The van der Waals surface area contributed by atoms with E-state index in [1.54, 1.807) is 0 Å². The highest BCUT2D eigenvalue weighted by Gasteiger charge is 2.21. The lowest BCUT2D eigenvalue weighted by Gasteiger charge is -2.25. The zero-order chi connectivity index (χ0) is 24.3. The largest absolute Gasteiger partial charge is 0.324 e. The Kier molecular flexibility index (Phi) is 7.19. The number of sulfonamides is 1. The van der Waals surface area contributed by atoms with Crippen LogP contribution in [0.2, 0.25) is 0 Å². The van der Waals surface area contributed by atoms with E-state index in [0.717, 1.165) is 49.2 Å². The monoisotopic (exact) mass is 497 g/mol. The Labute approximate surface area is 207 Å². The van der Waals surface area contributed by atoms with E-state index >= 15 is 0 Å². The van der Waals surface area contributed by atoms with E-state index in [1.165, 1.54) is 49.1 Å². The first-order valence-corrected chi connectivity index (χ1v) is 14.6. The van der Waals surface area contributed by atoms with E-state index < -0.39 is 10.0 Å². The van der Waals surface area contributed by atoms with E-state index in [4.69, 9.17) is 4.98 Å². The minimum atomic E-state index is -3.37. The Morgan fingerprint density at radius 1 is 1.00 bits per heavy atom. The highest BCUT2D eigenvalue weighted by Crippen LogP contribution is 2.29. The van der Waals surface area contributed by atoms with Crippen molar-refractivity contribution in [3.63, 3.8) is 0 Å². The molecular weight excluding hydrogens is 462 g/mol. The first-order chi connectivity index (χ1) is 17.0. The van der Waals surface area contributed by atoms with Crippen LogP contribution in [0.4, 0.5) is 17.3 Å². The van der Waals surface area contributed by atoms with Gasteiger partial charge in [0.05, 0.1) is 29.6 Å². The summed E-state index contributed by atoms with van der Waals surface area (Å²) in [6.07, 6.45) is 14.6. The van der Waals surface area contributed by atoms with Crippen molar-refractivity contribution in [1.82, 2.24) is 24.6 Å². The Morgan fingerprint density at radius 3 is 2.40 bits per heavy atom. The molecule has 5 rings (SSSR count). The fraction of sp³-hybridized carbons (Fsp3) is 0.560. The van der Waals surface area contributed by atoms with Crippen molar-refractivity contribution < 1.29 is 8.42 Å². The van der Waals surface area contributed by atoms with Gasteiger partial charge in [-0.15, -0.1) is 0 Å². The fourth-order valence-electron chi connectivity index (χ4n) is 5.23. The molecule has 1 aliphatic heterocycles. The van der Waals surface area contributed by atoms with Crippen molar-refractivity contribution in [3.8, 4) is 0 Å². The highest BCUT2D eigenvalue weighted by atomic mass is 32.2. The lowest BCUT2D eigenvalue weighted by molar-refractivity contribution is 0.349. The summed E-state index contributed by atoms with van der Waals surface area (Å²) in [4.78, 5) is 11.6. The number of benzene rings is 1. The topological polar surface area (TPSA) is 96.3 Å². The summed E-state index contributed by atoms with van der Waals surface area (Å²) in [5.74, 6) is 0.509. The molecule has 35 heavy (non-hydrogen) atoms. The Balaban J connectivity index is 1.31. The lowest BCUT2D eigenvalue weighted by Crippen LogP contribution is -2.37. The van der Waals surface area contributed by atoms with E-state index in [-0.39, 0.29) is 0 Å². The molecule has 0 amide bonds. The van der Waals surface area contributed by atoms with Crippen LogP contribution < -0.4 is 9.62 Å². The van der Waals surface area contributed by atoms with E-state index in [9.17, 15) is 8.42 Å². The second-order valence-electron chi connectivity index (χ2n) is 9.76. The molecule has 3 aromatic rings. The molecule has 2 aliphatic rings. The normalized spacial score (nSPS) is 18.1. The molecule has 1 aliphatic carbocycles. The molecule has 9 nitrogen and oxygen atoms in total. The summed E-state index contributed by atoms with van der Waals surface area (Å²) >= 11 is 0. The second kappa shape index (κ2) is 10.5. The summed E-state index contributed by atoms with van der Waals surface area (Å²) in [5.41, 5.74) is 2.33. The molecule has 2 fully saturated rings. The summed E-state index contributed by atoms with van der Waals surface area (Å²) in [6.45, 7) is 3.29. The van der Waals surface area contributed by atoms with Crippen LogP contribution in [-0.2, 0) is 10.0 Å². The molecule has 1 aromatic carbocycles. The van der Waals surface area contributed by atoms with Gasteiger partial charge in [0.25, 0.3) is 0 Å². The molecule has 188 valence electrons. The van der Waals surface area contributed by atoms with Crippen LogP contribution in [0.15, 0.2) is 36.7 Å². The maximum atomic E-state index is 12.5. The van der Waals surface area contributed by atoms with Gasteiger partial charge in [-0.1, -0.05) is 25.7 Å². The van der Waals surface area contributed by atoms with Gasteiger partial charge in [-0.2, -0.15) is 10.1 Å². The third kappa shape index (κ3) is 5.75. The van der Waals surface area contributed by atoms with Gasteiger partial charge in [-0.25, -0.2) is 18.1 Å². The van der Waals surface area contributed by atoms with E-state index in [2.05, 4.69) is 25.0 Å². The number of rotatable bonds is 8. The highest BCUT2D eigenvalue weighted by molar-refractivity contribution is 7.92. The third-order valence-electron chi connectivity index (χ3n) is 7.13. The van der Waals surface area contributed by atoms with Gasteiger partial charge in [-0.3, -0.25) is 4.31 Å². The van der Waals surface area contributed by atoms with Crippen molar-refractivity contribution >= 4 is 38.4 Å². The zero-order valence-corrected chi connectivity index (χ0v) is 21.3. The van der Waals surface area contributed by atoms with Gasteiger partial charge in [0.15, 0.2) is 5.65 Å². The Bertz CT molecular complexity index is 1230. The van der Waals surface area contributed by atoms with Crippen LogP contribution >= 0.6 is 0 Å². The quantitative estimate of drug-likeness (QED) is 0.463. The van der Waals surface area contributed by atoms with Crippen molar-refractivity contribution in [2.75, 3.05) is 42.1 Å². The van der Waals surface area contributed by atoms with Gasteiger partial charge < -0.3 is 10.2 Å². The van der Waals surface area contributed by atoms with Crippen LogP contribution in [-0.4, -0.2) is 65.5 Å². The average Bonchev–Trinajstić information content (AvgIpc) is 3.43. The fourth-order valence-corrected chi connectivity index (χ4v) is 6.15. The van der Waals surface area contributed by atoms with Crippen LogP contribution in [0.25, 0.3) is 11.0 Å². The van der Waals surface area contributed by atoms with Crippen molar-refractivity contribution in [2.24, 2.45) is 0 Å². The van der Waals surface area contributed by atoms with Crippen molar-refractivity contribution in [1.29, 1.82) is 0 Å². The van der Waals surface area contributed by atoms with Crippen LogP contribution in [0.3, 0.4) is 0 Å². The van der Waals surface area contributed by atoms with Crippen molar-refractivity contribution in [2.45, 2.75) is 57.4 Å². The summed E-state index contributed by atoms with van der Waals surface area (Å²) in [6, 6.07) is 7.81. The Morgan fingerprint density at radius 2 is 1.71 bits per heavy atom. The number of likely N-dealkylation sites (tertiary alicyclic amines) is 1. The van der Waals surface area contributed by atoms with E-state index in [1.807, 2.05) is 36.7 Å².